The molecule has 0 aliphatic carbocycles. The van der Waals surface area contributed by atoms with Crippen LogP contribution in [-0.2, 0) is 17.8 Å². The van der Waals surface area contributed by atoms with Crippen molar-refractivity contribution < 1.29 is 4.79 Å². The Morgan fingerprint density at radius 2 is 1.85 bits per heavy atom. The molecule has 0 spiro atoms. The van der Waals surface area contributed by atoms with Crippen LogP contribution in [0.25, 0.3) is 10.8 Å². The number of fused-ring (bicyclic) bond motifs is 1. The number of nitrogens with zero attached hydrogens (tertiary/aromatic N) is 4. The van der Waals surface area contributed by atoms with Crippen molar-refractivity contribution in [2.45, 2.75) is 19.9 Å². The minimum Gasteiger partial charge on any atom is -0.340 e. The number of benzene rings is 2. The minimum atomic E-state index is 0.202. The van der Waals surface area contributed by atoms with Gasteiger partial charge in [-0.1, -0.05) is 42.5 Å². The molecule has 1 saturated heterocycles. The van der Waals surface area contributed by atoms with Gasteiger partial charge in [0.05, 0.1) is 13.0 Å². The molecule has 2 aromatic carbocycles. The highest BCUT2D eigenvalue weighted by Gasteiger charge is 2.22. The van der Waals surface area contributed by atoms with Crippen molar-refractivity contribution in [3.63, 3.8) is 0 Å². The predicted octanol–water partition coefficient (Wildman–Crippen LogP) is 2.15. The summed E-state index contributed by atoms with van der Waals surface area (Å²) in [5.74, 6) is 1.86. The van der Waals surface area contributed by atoms with Crippen LogP contribution < -0.4 is 0 Å². The van der Waals surface area contributed by atoms with E-state index in [2.05, 4.69) is 50.4 Å². The number of carbonyl (C=O) groups is 1. The van der Waals surface area contributed by atoms with Crippen LogP contribution >= 0.6 is 0 Å². The summed E-state index contributed by atoms with van der Waals surface area (Å²) in [6.45, 7) is 5.87. The number of nitrogens with one attached hydrogen (secondary N) is 1. The van der Waals surface area contributed by atoms with Crippen molar-refractivity contribution in [3.8, 4) is 0 Å². The lowest BCUT2D eigenvalue weighted by molar-refractivity contribution is -0.132. The standard InChI is InChI=1S/C20H23N5O/c1-15-21-19(23-22-15)14-24-8-10-25(11-9-24)20(26)13-16-6-7-17-4-2-3-5-18(17)12-16/h2-7,12H,8-11,13-14H2,1H3,(H,21,22,23). The largest absolute Gasteiger partial charge is 0.340 e. The van der Waals surface area contributed by atoms with Gasteiger partial charge in [-0.3, -0.25) is 14.8 Å². The zero-order valence-electron chi connectivity index (χ0n) is 15.0. The van der Waals surface area contributed by atoms with Crippen molar-refractivity contribution in [2.24, 2.45) is 0 Å². The Bertz CT molecular complexity index is 911. The number of piperazine rings is 1. The number of aromatic nitrogens is 3. The molecule has 0 atom stereocenters. The lowest BCUT2D eigenvalue weighted by Gasteiger charge is -2.34. The molecule has 6 heteroatoms. The first kappa shape index (κ1) is 16.7. The number of amides is 1. The van der Waals surface area contributed by atoms with Gasteiger partial charge in [0.15, 0.2) is 5.82 Å². The smallest absolute Gasteiger partial charge is 0.227 e. The lowest BCUT2D eigenvalue weighted by atomic mass is 10.0. The van der Waals surface area contributed by atoms with E-state index in [0.29, 0.717) is 6.42 Å². The maximum Gasteiger partial charge on any atom is 0.227 e. The molecule has 1 fully saturated rings. The number of H-pyrrole nitrogens is 1. The van der Waals surface area contributed by atoms with Gasteiger partial charge in [-0.2, -0.15) is 5.10 Å². The zero-order chi connectivity index (χ0) is 17.9. The van der Waals surface area contributed by atoms with Crippen LogP contribution in [0.2, 0.25) is 0 Å². The van der Waals surface area contributed by atoms with Crippen molar-refractivity contribution in [1.82, 2.24) is 25.0 Å². The van der Waals surface area contributed by atoms with Gasteiger partial charge in [0.25, 0.3) is 0 Å². The van der Waals surface area contributed by atoms with Gasteiger partial charge < -0.3 is 4.90 Å². The van der Waals surface area contributed by atoms with E-state index in [-0.39, 0.29) is 5.91 Å². The Morgan fingerprint density at radius 3 is 2.58 bits per heavy atom. The van der Waals surface area contributed by atoms with E-state index in [1.807, 2.05) is 24.0 Å². The van der Waals surface area contributed by atoms with Crippen LogP contribution in [-0.4, -0.2) is 57.1 Å². The maximum absolute atomic E-state index is 12.6. The molecule has 1 amide bonds. The average Bonchev–Trinajstić information content (AvgIpc) is 3.07. The molecule has 0 unspecified atom stereocenters. The summed E-state index contributed by atoms with van der Waals surface area (Å²) in [7, 11) is 0. The van der Waals surface area contributed by atoms with Gasteiger partial charge in [0.2, 0.25) is 5.91 Å². The molecule has 4 rings (SSSR count). The highest BCUT2D eigenvalue weighted by molar-refractivity contribution is 5.85. The summed E-state index contributed by atoms with van der Waals surface area (Å²) in [6, 6.07) is 14.5. The summed E-state index contributed by atoms with van der Waals surface area (Å²) in [4.78, 5) is 21.3. The second-order valence-electron chi connectivity index (χ2n) is 6.85. The molecule has 6 nitrogen and oxygen atoms in total. The zero-order valence-corrected chi connectivity index (χ0v) is 15.0. The van der Waals surface area contributed by atoms with Gasteiger partial charge in [-0.25, -0.2) is 4.98 Å². The van der Waals surface area contributed by atoms with E-state index < -0.39 is 0 Å². The van der Waals surface area contributed by atoms with Crippen LogP contribution in [0.5, 0.6) is 0 Å². The fourth-order valence-electron chi connectivity index (χ4n) is 3.45. The van der Waals surface area contributed by atoms with E-state index in [0.717, 1.165) is 49.9 Å². The number of aromatic amines is 1. The summed E-state index contributed by atoms with van der Waals surface area (Å²) in [5, 5.41) is 9.45. The molecular formula is C20H23N5O. The quantitative estimate of drug-likeness (QED) is 0.784. The third-order valence-electron chi connectivity index (χ3n) is 4.90. The fourth-order valence-corrected chi connectivity index (χ4v) is 3.45. The molecule has 0 saturated carbocycles. The number of rotatable bonds is 4. The minimum absolute atomic E-state index is 0.202. The molecule has 134 valence electrons. The highest BCUT2D eigenvalue weighted by atomic mass is 16.2. The Kier molecular flexibility index (Phi) is 4.67. The first-order valence-corrected chi connectivity index (χ1v) is 9.03. The number of hydrogen-bond acceptors (Lipinski definition) is 4. The summed E-state index contributed by atoms with van der Waals surface area (Å²) in [6.07, 6.45) is 0.463. The van der Waals surface area contributed by atoms with E-state index in [1.165, 1.54) is 10.8 Å². The second kappa shape index (κ2) is 7.25. The number of hydrogen-bond donors (Lipinski definition) is 1. The normalized spacial score (nSPS) is 15.5. The molecule has 1 aromatic heterocycles. The molecule has 2 heterocycles. The lowest BCUT2D eigenvalue weighted by Crippen LogP contribution is -2.48. The van der Waals surface area contributed by atoms with Crippen molar-refractivity contribution >= 4 is 16.7 Å². The third-order valence-corrected chi connectivity index (χ3v) is 4.90. The van der Waals surface area contributed by atoms with E-state index in [4.69, 9.17) is 0 Å². The first-order chi connectivity index (χ1) is 12.7. The van der Waals surface area contributed by atoms with Crippen molar-refractivity contribution in [3.05, 3.63) is 59.7 Å². The second-order valence-corrected chi connectivity index (χ2v) is 6.85. The fraction of sp³-hybridized carbons (Fsp3) is 0.350. The van der Waals surface area contributed by atoms with E-state index in [9.17, 15) is 4.79 Å². The average molecular weight is 349 g/mol. The molecule has 26 heavy (non-hydrogen) atoms. The molecule has 1 aliphatic heterocycles. The van der Waals surface area contributed by atoms with Crippen molar-refractivity contribution in [2.75, 3.05) is 26.2 Å². The summed E-state index contributed by atoms with van der Waals surface area (Å²) >= 11 is 0. The Morgan fingerprint density at radius 1 is 1.08 bits per heavy atom. The predicted molar refractivity (Wildman–Crippen MR) is 101 cm³/mol. The van der Waals surface area contributed by atoms with Crippen LogP contribution in [0.4, 0.5) is 0 Å². The molecular weight excluding hydrogens is 326 g/mol. The van der Waals surface area contributed by atoms with E-state index >= 15 is 0 Å². The van der Waals surface area contributed by atoms with E-state index in [1.54, 1.807) is 0 Å². The number of carbonyl (C=O) groups excluding carboxylic acids is 1. The van der Waals surface area contributed by atoms with Gasteiger partial charge >= 0.3 is 0 Å². The van der Waals surface area contributed by atoms with Crippen LogP contribution in [0.15, 0.2) is 42.5 Å². The molecule has 1 aliphatic rings. The summed E-state index contributed by atoms with van der Waals surface area (Å²) in [5.41, 5.74) is 1.08. The third kappa shape index (κ3) is 3.75. The first-order valence-electron chi connectivity index (χ1n) is 9.03. The van der Waals surface area contributed by atoms with Crippen LogP contribution in [0.3, 0.4) is 0 Å². The monoisotopic (exact) mass is 349 g/mol. The van der Waals surface area contributed by atoms with Crippen LogP contribution in [0, 0.1) is 6.92 Å². The Balaban J connectivity index is 1.32. The van der Waals surface area contributed by atoms with Gasteiger partial charge in [0.1, 0.15) is 5.82 Å². The molecule has 3 aromatic rings. The van der Waals surface area contributed by atoms with Crippen molar-refractivity contribution in [1.29, 1.82) is 0 Å². The number of aryl methyl sites for hydroxylation is 1. The highest BCUT2D eigenvalue weighted by Crippen LogP contribution is 2.17. The Hall–Kier alpha value is -2.73. The van der Waals surface area contributed by atoms with Crippen LogP contribution in [0.1, 0.15) is 17.2 Å². The van der Waals surface area contributed by atoms with Gasteiger partial charge in [0, 0.05) is 26.2 Å². The summed E-state index contributed by atoms with van der Waals surface area (Å²) < 4.78 is 0. The van der Waals surface area contributed by atoms with Gasteiger partial charge in [-0.15, -0.1) is 0 Å². The maximum atomic E-state index is 12.6. The molecule has 0 radical (unpaired) electrons. The SMILES string of the molecule is Cc1nc(CN2CCN(C(=O)Cc3ccc4ccccc4c3)CC2)n[nH]1. The Labute approximate surface area is 152 Å². The topological polar surface area (TPSA) is 65.1 Å². The van der Waals surface area contributed by atoms with Gasteiger partial charge in [-0.05, 0) is 23.3 Å². The molecule has 1 N–H and O–H groups in total. The molecule has 0 bridgehead atoms.